The zero-order valence-corrected chi connectivity index (χ0v) is 20.0. The third kappa shape index (κ3) is 5.21. The molecular weight excluding hydrogens is 452 g/mol. The van der Waals surface area contributed by atoms with E-state index in [1.54, 1.807) is 36.3 Å². The number of hydrogen-bond donors (Lipinski definition) is 1. The summed E-state index contributed by atoms with van der Waals surface area (Å²) >= 11 is 6.24. The van der Waals surface area contributed by atoms with Gasteiger partial charge in [-0.05, 0) is 73.5 Å². The number of methoxy groups -OCH3 is 1. The molecule has 8 heteroatoms. The summed E-state index contributed by atoms with van der Waals surface area (Å²) in [5, 5.41) is 8.03. The van der Waals surface area contributed by atoms with E-state index in [1.165, 1.54) is 0 Å². The highest BCUT2D eigenvalue weighted by Gasteiger charge is 2.12. The lowest BCUT2D eigenvalue weighted by molar-refractivity contribution is 0.0951. The van der Waals surface area contributed by atoms with E-state index in [9.17, 15) is 4.79 Å². The second-order valence-electron chi connectivity index (χ2n) is 7.76. The van der Waals surface area contributed by atoms with Crippen LogP contribution in [-0.4, -0.2) is 27.8 Å². The fraction of sp³-hybridized carbons (Fsp3) is 0.192. The zero-order valence-electron chi connectivity index (χ0n) is 19.2. The quantitative estimate of drug-likeness (QED) is 0.385. The molecule has 1 amide bonds. The fourth-order valence-corrected chi connectivity index (χ4v) is 3.61. The summed E-state index contributed by atoms with van der Waals surface area (Å²) in [7, 11) is 1.59. The van der Waals surface area contributed by atoms with Gasteiger partial charge in [-0.3, -0.25) is 9.78 Å². The van der Waals surface area contributed by atoms with Gasteiger partial charge in [0.1, 0.15) is 6.61 Å². The molecule has 4 aromatic rings. The highest BCUT2D eigenvalue weighted by molar-refractivity contribution is 6.31. The van der Waals surface area contributed by atoms with Crippen LogP contribution in [0, 0.1) is 13.8 Å². The smallest absolute Gasteiger partial charge is 0.251 e. The third-order valence-corrected chi connectivity index (χ3v) is 5.95. The Morgan fingerprint density at radius 2 is 1.74 bits per heavy atom. The Balaban J connectivity index is 1.38. The van der Waals surface area contributed by atoms with Gasteiger partial charge in [-0.2, -0.15) is 5.10 Å². The van der Waals surface area contributed by atoms with Crippen LogP contribution in [0.1, 0.15) is 32.9 Å². The van der Waals surface area contributed by atoms with E-state index in [2.05, 4.69) is 15.4 Å². The summed E-state index contributed by atoms with van der Waals surface area (Å²) in [5.41, 5.74) is 4.94. The van der Waals surface area contributed by atoms with Crippen molar-refractivity contribution in [3.05, 3.63) is 100 Å². The number of hydrogen-bond acceptors (Lipinski definition) is 5. The van der Waals surface area contributed by atoms with Gasteiger partial charge in [-0.1, -0.05) is 17.7 Å². The van der Waals surface area contributed by atoms with Crippen molar-refractivity contribution < 1.29 is 14.3 Å². The molecule has 2 aromatic carbocycles. The number of ether oxygens (including phenoxy) is 2. The van der Waals surface area contributed by atoms with Crippen LogP contribution in [0.2, 0.25) is 5.02 Å². The van der Waals surface area contributed by atoms with Crippen molar-refractivity contribution in [2.45, 2.75) is 27.0 Å². The van der Waals surface area contributed by atoms with Crippen LogP contribution in [0.3, 0.4) is 0 Å². The highest BCUT2D eigenvalue weighted by atomic mass is 35.5. The average Bonchev–Trinajstić information content (AvgIpc) is 3.14. The summed E-state index contributed by atoms with van der Waals surface area (Å²) in [6.07, 6.45) is 3.45. The number of rotatable bonds is 8. The van der Waals surface area contributed by atoms with Crippen molar-refractivity contribution in [2.24, 2.45) is 0 Å². The Hall–Kier alpha value is -3.84. The van der Waals surface area contributed by atoms with Crippen LogP contribution in [0.5, 0.6) is 11.5 Å². The molecule has 7 nitrogen and oxygen atoms in total. The van der Waals surface area contributed by atoms with Gasteiger partial charge >= 0.3 is 0 Å². The molecule has 0 unspecified atom stereocenters. The molecule has 0 aliphatic heterocycles. The van der Waals surface area contributed by atoms with E-state index in [4.69, 9.17) is 21.1 Å². The van der Waals surface area contributed by atoms with E-state index < -0.39 is 0 Å². The van der Waals surface area contributed by atoms with Gasteiger partial charge in [-0.15, -0.1) is 0 Å². The number of aromatic nitrogens is 3. The molecule has 174 valence electrons. The molecule has 0 aliphatic rings. The van der Waals surface area contributed by atoms with Gasteiger partial charge in [-0.25, -0.2) is 4.68 Å². The molecule has 0 saturated carbocycles. The van der Waals surface area contributed by atoms with Crippen molar-refractivity contribution in [3.8, 4) is 17.2 Å². The summed E-state index contributed by atoms with van der Waals surface area (Å²) in [6, 6.07) is 16.6. The molecule has 34 heavy (non-hydrogen) atoms. The van der Waals surface area contributed by atoms with Crippen molar-refractivity contribution in [2.75, 3.05) is 7.11 Å². The van der Waals surface area contributed by atoms with Gasteiger partial charge in [0.2, 0.25) is 0 Å². The lowest BCUT2D eigenvalue weighted by Gasteiger charge is -2.13. The van der Waals surface area contributed by atoms with E-state index in [-0.39, 0.29) is 5.91 Å². The van der Waals surface area contributed by atoms with Crippen LogP contribution in [-0.2, 0) is 13.2 Å². The number of benzene rings is 2. The minimum absolute atomic E-state index is 0.171. The Kier molecular flexibility index (Phi) is 7.13. The lowest BCUT2D eigenvalue weighted by Crippen LogP contribution is -2.22. The molecule has 0 bridgehead atoms. The molecule has 0 radical (unpaired) electrons. The van der Waals surface area contributed by atoms with Crippen LogP contribution >= 0.6 is 11.6 Å². The van der Waals surface area contributed by atoms with Gasteiger partial charge < -0.3 is 14.8 Å². The van der Waals surface area contributed by atoms with Crippen molar-refractivity contribution >= 4 is 17.5 Å². The minimum Gasteiger partial charge on any atom is -0.493 e. The van der Waals surface area contributed by atoms with E-state index in [0.717, 1.165) is 28.2 Å². The van der Waals surface area contributed by atoms with Gasteiger partial charge in [0.05, 0.1) is 29.2 Å². The predicted octanol–water partition coefficient (Wildman–Crippen LogP) is 5.06. The number of carbonyl (C=O) groups excluding carboxylic acids is 1. The topological polar surface area (TPSA) is 78.3 Å². The summed E-state index contributed by atoms with van der Waals surface area (Å²) < 4.78 is 13.1. The molecule has 0 aliphatic carbocycles. The predicted molar refractivity (Wildman–Crippen MR) is 131 cm³/mol. The second kappa shape index (κ2) is 10.4. The van der Waals surface area contributed by atoms with Crippen molar-refractivity contribution in [3.63, 3.8) is 0 Å². The first-order valence-electron chi connectivity index (χ1n) is 10.7. The highest BCUT2D eigenvalue weighted by Crippen LogP contribution is 2.29. The first kappa shape index (κ1) is 23.3. The van der Waals surface area contributed by atoms with Crippen LogP contribution in [0.4, 0.5) is 0 Å². The number of nitrogens with one attached hydrogen (secondary N) is 1. The zero-order chi connectivity index (χ0) is 24.1. The first-order valence-corrected chi connectivity index (χ1v) is 11.1. The monoisotopic (exact) mass is 476 g/mol. The van der Waals surface area contributed by atoms with Crippen LogP contribution in [0.25, 0.3) is 5.69 Å². The molecule has 2 aromatic heterocycles. The number of nitrogens with zero attached hydrogens (tertiary/aromatic N) is 3. The normalized spacial score (nSPS) is 10.7. The van der Waals surface area contributed by atoms with Crippen molar-refractivity contribution in [1.29, 1.82) is 0 Å². The number of pyridine rings is 1. The summed E-state index contributed by atoms with van der Waals surface area (Å²) in [5.74, 6) is 1.07. The third-order valence-electron chi connectivity index (χ3n) is 5.40. The molecule has 0 atom stereocenters. The molecule has 0 fully saturated rings. The average molecular weight is 477 g/mol. The summed E-state index contributed by atoms with van der Waals surface area (Å²) in [4.78, 5) is 16.7. The Morgan fingerprint density at radius 3 is 2.38 bits per heavy atom. The standard InChI is InChI=1S/C26H25ClN4O3/c1-17-25(27)18(2)31(30-17)22-7-5-21(6-8-22)26(32)29-15-20-4-9-23(24(14-20)33-3)34-16-19-10-12-28-13-11-19/h4-14H,15-16H2,1-3H3,(H,29,32). The Morgan fingerprint density at radius 1 is 1.00 bits per heavy atom. The SMILES string of the molecule is COc1cc(CNC(=O)c2ccc(-n3nc(C)c(Cl)c3C)cc2)ccc1OCc1ccncc1. The molecule has 1 N–H and O–H groups in total. The number of halogens is 1. The van der Waals surface area contributed by atoms with Crippen LogP contribution in [0.15, 0.2) is 67.0 Å². The first-order chi connectivity index (χ1) is 16.5. The summed E-state index contributed by atoms with van der Waals surface area (Å²) in [6.45, 7) is 4.54. The van der Waals surface area contributed by atoms with Gasteiger partial charge in [0, 0.05) is 24.5 Å². The molecule has 0 spiro atoms. The number of amides is 1. The van der Waals surface area contributed by atoms with Crippen molar-refractivity contribution in [1.82, 2.24) is 20.1 Å². The maximum atomic E-state index is 12.7. The van der Waals surface area contributed by atoms with Crippen LogP contribution < -0.4 is 14.8 Å². The minimum atomic E-state index is -0.171. The number of carbonyl (C=O) groups is 1. The van der Waals surface area contributed by atoms with Gasteiger partial charge in [0.15, 0.2) is 11.5 Å². The molecule has 4 rings (SSSR count). The fourth-order valence-electron chi connectivity index (χ4n) is 3.49. The second-order valence-corrected chi connectivity index (χ2v) is 8.13. The Labute approximate surface area is 203 Å². The lowest BCUT2D eigenvalue weighted by atomic mass is 10.1. The largest absolute Gasteiger partial charge is 0.493 e. The molecular formula is C26H25ClN4O3. The van der Waals surface area contributed by atoms with E-state index in [0.29, 0.717) is 35.2 Å². The maximum absolute atomic E-state index is 12.7. The number of aryl methyl sites for hydroxylation is 1. The van der Waals surface area contributed by atoms with Gasteiger partial charge in [0.25, 0.3) is 5.91 Å². The maximum Gasteiger partial charge on any atom is 0.251 e. The molecule has 2 heterocycles. The molecule has 0 saturated heterocycles. The van der Waals surface area contributed by atoms with E-state index >= 15 is 0 Å². The Bertz CT molecular complexity index is 1290. The van der Waals surface area contributed by atoms with E-state index in [1.807, 2.05) is 56.3 Å².